The van der Waals surface area contributed by atoms with Crippen molar-refractivity contribution < 1.29 is 33.4 Å². The highest BCUT2D eigenvalue weighted by Crippen LogP contribution is 2.26. The fraction of sp³-hybridized carbons (Fsp3) is 0.517. The Morgan fingerprint density at radius 2 is 1.74 bits per heavy atom. The second-order valence-electron chi connectivity index (χ2n) is 10.2. The van der Waals surface area contributed by atoms with E-state index in [1.165, 1.54) is 18.0 Å². The molecule has 1 atom stereocenters. The van der Waals surface area contributed by atoms with Crippen LogP contribution in [0.15, 0.2) is 30.3 Å². The number of piperazine rings is 1. The molecule has 2 aliphatic heterocycles. The topological polar surface area (TPSA) is 150 Å². The molecule has 0 radical (unpaired) electrons. The van der Waals surface area contributed by atoms with E-state index in [9.17, 15) is 24.0 Å². The maximum absolute atomic E-state index is 13.0. The van der Waals surface area contributed by atoms with E-state index in [1.807, 2.05) is 6.92 Å². The lowest BCUT2D eigenvalue weighted by Crippen LogP contribution is -2.52. The number of likely N-dealkylation sites (N-methyl/N-ethyl adjacent to an activating group) is 1. The number of pyridine rings is 1. The molecule has 13 nitrogen and oxygen atoms in total. The highest BCUT2D eigenvalue weighted by atomic mass is 16.6. The second-order valence-corrected chi connectivity index (χ2v) is 10.2. The average molecular weight is 583 g/mol. The van der Waals surface area contributed by atoms with E-state index in [0.717, 1.165) is 19.3 Å². The number of hydrogen-bond donors (Lipinski definition) is 2. The number of nitrogens with one attached hydrogen (secondary N) is 2. The van der Waals surface area contributed by atoms with Gasteiger partial charge in [-0.1, -0.05) is 25.5 Å². The lowest BCUT2D eigenvalue weighted by Gasteiger charge is -2.34. The Kier molecular flexibility index (Phi) is 10.5. The van der Waals surface area contributed by atoms with E-state index in [1.54, 1.807) is 34.1 Å². The number of ether oxygens (including phenoxy) is 2. The van der Waals surface area contributed by atoms with Crippen LogP contribution in [-0.2, 0) is 19.1 Å². The highest BCUT2D eigenvalue weighted by Gasteiger charge is 2.33. The van der Waals surface area contributed by atoms with Crippen molar-refractivity contribution in [1.29, 1.82) is 0 Å². The molecule has 4 rings (SSSR count). The van der Waals surface area contributed by atoms with E-state index >= 15 is 0 Å². The van der Waals surface area contributed by atoms with Crippen molar-refractivity contribution in [3.05, 3.63) is 36.0 Å². The summed E-state index contributed by atoms with van der Waals surface area (Å²) in [6.45, 7) is 3.72. The molecule has 0 saturated carbocycles. The summed E-state index contributed by atoms with van der Waals surface area (Å²) in [7, 11) is 1.54. The smallest absolute Gasteiger partial charge is 0.409 e. The number of amides is 5. The lowest BCUT2D eigenvalue weighted by molar-refractivity contribution is -0.139. The van der Waals surface area contributed by atoms with Crippen LogP contribution in [-0.4, -0.2) is 115 Å². The molecule has 3 heterocycles. The van der Waals surface area contributed by atoms with Crippen molar-refractivity contribution in [2.24, 2.45) is 0 Å². The number of hydrogen-bond acceptors (Lipinski definition) is 8. The Hall–Kier alpha value is -4.42. The van der Waals surface area contributed by atoms with E-state index in [-0.39, 0.29) is 42.7 Å². The molecule has 5 amide bonds. The first-order chi connectivity index (χ1) is 20.3. The predicted molar refractivity (Wildman–Crippen MR) is 153 cm³/mol. The molecule has 0 spiro atoms. The van der Waals surface area contributed by atoms with E-state index < -0.39 is 11.9 Å². The van der Waals surface area contributed by atoms with Gasteiger partial charge in [0.05, 0.1) is 18.7 Å². The molecule has 1 aromatic carbocycles. The van der Waals surface area contributed by atoms with E-state index in [4.69, 9.17) is 9.47 Å². The third-order valence-electron chi connectivity index (χ3n) is 7.40. The van der Waals surface area contributed by atoms with Gasteiger partial charge in [-0.25, -0.2) is 9.78 Å². The van der Waals surface area contributed by atoms with Gasteiger partial charge in [-0.3, -0.25) is 19.2 Å². The van der Waals surface area contributed by atoms with Gasteiger partial charge in [0.15, 0.2) is 6.61 Å². The summed E-state index contributed by atoms with van der Waals surface area (Å²) in [5.41, 5.74) is 0.526. The fourth-order valence-electron chi connectivity index (χ4n) is 5.00. The third kappa shape index (κ3) is 7.45. The predicted octanol–water partition coefficient (Wildman–Crippen LogP) is 1.16. The summed E-state index contributed by atoms with van der Waals surface area (Å²) < 4.78 is 11.1. The van der Waals surface area contributed by atoms with Crippen LogP contribution in [0.1, 0.15) is 43.1 Å². The summed E-state index contributed by atoms with van der Waals surface area (Å²) in [5, 5.41) is 5.83. The summed E-state index contributed by atoms with van der Waals surface area (Å²) in [4.78, 5) is 72.0. The number of carbonyl (C=O) groups is 5. The van der Waals surface area contributed by atoms with E-state index in [2.05, 4.69) is 15.6 Å². The first kappa shape index (κ1) is 30.5. The Morgan fingerprint density at radius 1 is 1.00 bits per heavy atom. The number of nitrogens with zero attached hydrogens (tertiary/aromatic N) is 4. The molecule has 0 aliphatic carbocycles. The van der Waals surface area contributed by atoms with Gasteiger partial charge in [0.25, 0.3) is 11.8 Å². The minimum atomic E-state index is -0.567. The monoisotopic (exact) mass is 582 g/mol. The molecule has 42 heavy (non-hydrogen) atoms. The van der Waals surface area contributed by atoms with Crippen molar-refractivity contribution in [3.63, 3.8) is 0 Å². The number of fused-ring (bicyclic) bond motifs is 1. The van der Waals surface area contributed by atoms with Crippen LogP contribution in [0.2, 0.25) is 0 Å². The summed E-state index contributed by atoms with van der Waals surface area (Å²) in [5.74, 6) is -1.09. The standard InChI is InChI=1S/C29H38N6O7/c1-3-4-16-41-29(40)34-14-12-33(13-15-34)25(36)18-31-27(38)22-17-24(20-8-5-6-9-21(20)32-22)42-19-26(37)35-11-7-10-23(35)28(39)30-2/h5-6,8-9,17,23H,3-4,7,10-16,18-19H2,1-2H3,(H,30,39)(H,31,38)/t23-/m0/s1. The molecular weight excluding hydrogens is 544 g/mol. The van der Waals surface area contributed by atoms with Crippen molar-refractivity contribution >= 4 is 40.6 Å². The number of unbranched alkanes of at least 4 members (excludes halogenated alkanes) is 1. The maximum atomic E-state index is 13.0. The molecule has 2 aliphatic rings. The minimum Gasteiger partial charge on any atom is -0.483 e. The van der Waals surface area contributed by atoms with Crippen LogP contribution in [0.5, 0.6) is 5.75 Å². The normalized spacial score (nSPS) is 16.7. The molecule has 0 unspecified atom stereocenters. The van der Waals surface area contributed by atoms with Gasteiger partial charge in [-0.05, 0) is 31.4 Å². The maximum Gasteiger partial charge on any atom is 0.409 e. The SMILES string of the molecule is CCCCOC(=O)N1CCN(C(=O)CNC(=O)c2cc(OCC(=O)N3CCC[C@H]3C(=O)NC)c3ccccc3n2)CC1. The molecule has 0 bridgehead atoms. The molecule has 2 N–H and O–H groups in total. The number of benzene rings is 1. The number of para-hydroxylation sites is 1. The Bertz CT molecular complexity index is 1310. The number of rotatable bonds is 10. The molecule has 2 fully saturated rings. The zero-order valence-corrected chi connectivity index (χ0v) is 24.1. The number of likely N-dealkylation sites (tertiary alicyclic amines) is 1. The number of aromatic nitrogens is 1. The van der Waals surface area contributed by atoms with Crippen LogP contribution in [0.3, 0.4) is 0 Å². The van der Waals surface area contributed by atoms with Crippen LogP contribution in [0.25, 0.3) is 10.9 Å². The Labute approximate surface area is 244 Å². The van der Waals surface area contributed by atoms with Gasteiger partial charge in [-0.2, -0.15) is 0 Å². The molecule has 226 valence electrons. The van der Waals surface area contributed by atoms with Crippen molar-refractivity contribution in [3.8, 4) is 5.75 Å². The first-order valence-corrected chi connectivity index (χ1v) is 14.3. The summed E-state index contributed by atoms with van der Waals surface area (Å²) in [6.07, 6.45) is 2.68. The lowest BCUT2D eigenvalue weighted by atomic mass is 10.1. The summed E-state index contributed by atoms with van der Waals surface area (Å²) in [6, 6.07) is 7.98. The van der Waals surface area contributed by atoms with E-state index in [0.29, 0.717) is 62.4 Å². The quantitative estimate of drug-likeness (QED) is 0.396. The number of carbonyl (C=O) groups excluding carboxylic acids is 5. The Morgan fingerprint density at radius 3 is 2.48 bits per heavy atom. The molecule has 1 aromatic heterocycles. The van der Waals surface area contributed by atoms with Crippen molar-refractivity contribution in [2.45, 2.75) is 38.6 Å². The van der Waals surface area contributed by atoms with Crippen molar-refractivity contribution in [2.75, 3.05) is 59.5 Å². The van der Waals surface area contributed by atoms with Gasteiger partial charge in [0.1, 0.15) is 17.5 Å². The van der Waals surface area contributed by atoms with Crippen LogP contribution in [0.4, 0.5) is 4.79 Å². The average Bonchev–Trinajstić information content (AvgIpc) is 3.52. The molecular formula is C29H38N6O7. The third-order valence-corrected chi connectivity index (χ3v) is 7.40. The largest absolute Gasteiger partial charge is 0.483 e. The Balaban J connectivity index is 1.34. The first-order valence-electron chi connectivity index (χ1n) is 14.3. The zero-order valence-electron chi connectivity index (χ0n) is 24.1. The molecule has 2 aromatic rings. The molecule has 2 saturated heterocycles. The van der Waals surface area contributed by atoms with Gasteiger partial charge >= 0.3 is 6.09 Å². The van der Waals surface area contributed by atoms with Gasteiger partial charge in [-0.15, -0.1) is 0 Å². The second kappa shape index (κ2) is 14.5. The van der Waals surface area contributed by atoms with Crippen LogP contribution in [0, 0.1) is 0 Å². The van der Waals surface area contributed by atoms with Crippen molar-refractivity contribution in [1.82, 2.24) is 30.3 Å². The van der Waals surface area contributed by atoms with Gasteiger partial charge in [0, 0.05) is 51.2 Å². The van der Waals surface area contributed by atoms with Gasteiger partial charge in [0.2, 0.25) is 11.8 Å². The highest BCUT2D eigenvalue weighted by molar-refractivity contribution is 5.98. The van der Waals surface area contributed by atoms with Crippen LogP contribution >= 0.6 is 0 Å². The minimum absolute atomic E-state index is 0.0352. The van der Waals surface area contributed by atoms with Crippen LogP contribution < -0.4 is 15.4 Å². The zero-order chi connectivity index (χ0) is 30.1. The molecule has 13 heteroatoms. The summed E-state index contributed by atoms with van der Waals surface area (Å²) >= 11 is 0. The fourth-order valence-corrected chi connectivity index (χ4v) is 5.00. The van der Waals surface area contributed by atoms with Gasteiger partial charge < -0.3 is 34.8 Å².